The Kier molecular flexibility index (Phi) is 4.34. The van der Waals surface area contributed by atoms with Crippen LogP contribution in [0, 0.1) is 0 Å². The van der Waals surface area contributed by atoms with Gasteiger partial charge in [-0.25, -0.2) is 0 Å². The maximum absolute atomic E-state index is 11.3. The summed E-state index contributed by atoms with van der Waals surface area (Å²) in [7, 11) is 0. The number of rotatable bonds is 3. The van der Waals surface area contributed by atoms with Gasteiger partial charge in [-0.1, -0.05) is 18.2 Å². The highest BCUT2D eigenvalue weighted by Crippen LogP contribution is 2.36. The molecule has 3 rings (SSSR count). The van der Waals surface area contributed by atoms with Gasteiger partial charge in [0.25, 0.3) is 0 Å². The summed E-state index contributed by atoms with van der Waals surface area (Å²) in [6, 6.07) is 5.38. The van der Waals surface area contributed by atoms with Crippen molar-refractivity contribution in [1.82, 2.24) is 15.5 Å². The van der Waals surface area contributed by atoms with E-state index < -0.39 is 12.5 Å². The first kappa shape index (κ1) is 15.9. The van der Waals surface area contributed by atoms with Crippen molar-refractivity contribution in [1.29, 1.82) is 0 Å². The molecule has 1 fully saturated rings. The standard InChI is InChI=1S/C16H21N3O4/c1-9(20)17-7-10-2-3-12-11(6-10)8-19(16(12)23)13-4-5-14(21)18-15(13)22/h2-3,6,13,15-16,22-23H,4-5,7-8H2,1H3,(H,17,20)(H,18,21). The first-order chi connectivity index (χ1) is 11.0. The molecule has 2 aliphatic heterocycles. The average molecular weight is 319 g/mol. The van der Waals surface area contributed by atoms with Gasteiger partial charge >= 0.3 is 0 Å². The fourth-order valence-corrected chi connectivity index (χ4v) is 3.26. The van der Waals surface area contributed by atoms with E-state index in [-0.39, 0.29) is 17.9 Å². The van der Waals surface area contributed by atoms with Crippen molar-refractivity contribution in [3.05, 3.63) is 34.9 Å². The first-order valence-corrected chi connectivity index (χ1v) is 7.73. The van der Waals surface area contributed by atoms with Crippen LogP contribution in [-0.2, 0) is 22.7 Å². The normalized spacial score (nSPS) is 27.4. The fraction of sp³-hybridized carbons (Fsp3) is 0.500. The van der Waals surface area contributed by atoms with Crippen LogP contribution in [0.3, 0.4) is 0 Å². The molecule has 1 saturated heterocycles. The van der Waals surface area contributed by atoms with Gasteiger partial charge in [-0.2, -0.15) is 0 Å². The van der Waals surface area contributed by atoms with E-state index in [0.717, 1.165) is 16.7 Å². The lowest BCUT2D eigenvalue weighted by molar-refractivity contribution is -0.135. The molecule has 0 radical (unpaired) electrons. The summed E-state index contributed by atoms with van der Waals surface area (Å²) in [5.74, 6) is -0.259. The van der Waals surface area contributed by atoms with Crippen LogP contribution >= 0.6 is 0 Å². The number of carbonyl (C=O) groups is 2. The van der Waals surface area contributed by atoms with E-state index in [0.29, 0.717) is 25.9 Å². The van der Waals surface area contributed by atoms with Crippen molar-refractivity contribution in [2.75, 3.05) is 0 Å². The lowest BCUT2D eigenvalue weighted by Crippen LogP contribution is -2.54. The monoisotopic (exact) mass is 319 g/mol. The quantitative estimate of drug-likeness (QED) is 0.614. The Labute approximate surface area is 134 Å². The Morgan fingerprint density at radius 2 is 2.22 bits per heavy atom. The van der Waals surface area contributed by atoms with E-state index >= 15 is 0 Å². The van der Waals surface area contributed by atoms with Gasteiger partial charge in [0.1, 0.15) is 12.5 Å². The molecule has 23 heavy (non-hydrogen) atoms. The summed E-state index contributed by atoms with van der Waals surface area (Å²) in [5.41, 5.74) is 2.75. The van der Waals surface area contributed by atoms with E-state index in [4.69, 9.17) is 0 Å². The van der Waals surface area contributed by atoms with E-state index in [2.05, 4.69) is 10.6 Å². The molecule has 7 nitrogen and oxygen atoms in total. The number of aliphatic hydroxyl groups excluding tert-OH is 2. The minimum absolute atomic E-state index is 0.0896. The SMILES string of the molecule is CC(=O)NCc1ccc2c(c1)CN(C1CCC(=O)NC1O)C2O. The molecule has 7 heteroatoms. The van der Waals surface area contributed by atoms with Gasteiger partial charge in [-0.15, -0.1) is 0 Å². The topological polar surface area (TPSA) is 102 Å². The zero-order valence-electron chi connectivity index (χ0n) is 13.0. The van der Waals surface area contributed by atoms with Crippen LogP contribution in [-0.4, -0.2) is 39.2 Å². The number of piperidine rings is 1. The molecule has 0 bridgehead atoms. The van der Waals surface area contributed by atoms with Crippen LogP contribution in [0.2, 0.25) is 0 Å². The number of hydrogen-bond donors (Lipinski definition) is 4. The molecule has 3 unspecified atom stereocenters. The van der Waals surface area contributed by atoms with Gasteiger partial charge in [0.2, 0.25) is 11.8 Å². The van der Waals surface area contributed by atoms with Crippen LogP contribution in [0.1, 0.15) is 42.7 Å². The highest BCUT2D eigenvalue weighted by Gasteiger charge is 2.39. The second-order valence-electron chi connectivity index (χ2n) is 6.11. The number of benzene rings is 1. The molecule has 2 heterocycles. The number of carbonyl (C=O) groups excluding carboxylic acids is 2. The largest absolute Gasteiger partial charge is 0.374 e. The Morgan fingerprint density at radius 1 is 1.43 bits per heavy atom. The Bertz CT molecular complexity index is 634. The number of nitrogens with zero attached hydrogens (tertiary/aromatic N) is 1. The van der Waals surface area contributed by atoms with Crippen LogP contribution in [0.4, 0.5) is 0 Å². The van der Waals surface area contributed by atoms with Crippen LogP contribution < -0.4 is 10.6 Å². The van der Waals surface area contributed by atoms with E-state index in [1.165, 1.54) is 6.92 Å². The first-order valence-electron chi connectivity index (χ1n) is 7.73. The Hall–Kier alpha value is -1.96. The molecule has 0 saturated carbocycles. The van der Waals surface area contributed by atoms with Crippen molar-refractivity contribution in [2.24, 2.45) is 0 Å². The number of aliphatic hydroxyl groups is 2. The lowest BCUT2D eigenvalue weighted by atomic mass is 10.0. The predicted octanol–water partition coefficient (Wildman–Crippen LogP) is -0.274. The summed E-state index contributed by atoms with van der Waals surface area (Å²) < 4.78 is 0. The van der Waals surface area contributed by atoms with Gasteiger partial charge in [0.05, 0.1) is 6.04 Å². The summed E-state index contributed by atoms with van der Waals surface area (Å²) in [4.78, 5) is 24.1. The minimum atomic E-state index is -0.973. The van der Waals surface area contributed by atoms with Crippen molar-refractivity contribution < 1.29 is 19.8 Å². The van der Waals surface area contributed by atoms with Crippen molar-refractivity contribution >= 4 is 11.8 Å². The van der Waals surface area contributed by atoms with Crippen molar-refractivity contribution in [3.63, 3.8) is 0 Å². The molecule has 1 aromatic rings. The number of nitrogens with one attached hydrogen (secondary N) is 2. The second-order valence-corrected chi connectivity index (χ2v) is 6.11. The summed E-state index contributed by atoms with van der Waals surface area (Å²) >= 11 is 0. The Morgan fingerprint density at radius 3 is 2.91 bits per heavy atom. The molecule has 1 aromatic carbocycles. The molecule has 124 valence electrons. The highest BCUT2D eigenvalue weighted by atomic mass is 16.3. The summed E-state index contributed by atoms with van der Waals surface area (Å²) in [6.07, 6.45) is -0.917. The zero-order chi connectivity index (χ0) is 16.6. The molecule has 0 spiro atoms. The smallest absolute Gasteiger partial charge is 0.222 e. The van der Waals surface area contributed by atoms with E-state index in [9.17, 15) is 19.8 Å². The third kappa shape index (κ3) is 3.21. The molecule has 2 aliphatic rings. The third-order valence-corrected chi connectivity index (χ3v) is 4.46. The molecular weight excluding hydrogens is 298 g/mol. The van der Waals surface area contributed by atoms with Gasteiger partial charge in [-0.3, -0.25) is 14.5 Å². The zero-order valence-corrected chi connectivity index (χ0v) is 13.0. The van der Waals surface area contributed by atoms with Crippen LogP contribution in [0.15, 0.2) is 18.2 Å². The molecular formula is C16H21N3O4. The van der Waals surface area contributed by atoms with E-state index in [1.807, 2.05) is 18.2 Å². The average Bonchev–Trinajstić information content (AvgIpc) is 2.82. The molecule has 0 aliphatic carbocycles. The number of amides is 2. The predicted molar refractivity (Wildman–Crippen MR) is 81.6 cm³/mol. The second kappa shape index (κ2) is 6.27. The lowest BCUT2D eigenvalue weighted by Gasteiger charge is -2.36. The third-order valence-electron chi connectivity index (χ3n) is 4.46. The van der Waals surface area contributed by atoms with Gasteiger partial charge in [0, 0.05) is 26.4 Å². The minimum Gasteiger partial charge on any atom is -0.374 e. The van der Waals surface area contributed by atoms with Crippen molar-refractivity contribution in [2.45, 2.75) is 51.4 Å². The molecule has 4 N–H and O–H groups in total. The molecule has 2 amide bonds. The number of fused-ring (bicyclic) bond motifs is 1. The summed E-state index contributed by atoms with van der Waals surface area (Å²) in [6.45, 7) is 2.42. The van der Waals surface area contributed by atoms with Crippen LogP contribution in [0.25, 0.3) is 0 Å². The molecule has 0 aromatic heterocycles. The molecule has 3 atom stereocenters. The van der Waals surface area contributed by atoms with Crippen LogP contribution in [0.5, 0.6) is 0 Å². The number of hydrogen-bond acceptors (Lipinski definition) is 5. The van der Waals surface area contributed by atoms with Gasteiger partial charge < -0.3 is 20.8 Å². The maximum atomic E-state index is 11.3. The summed E-state index contributed by atoms with van der Waals surface area (Å²) in [5, 5.41) is 25.8. The van der Waals surface area contributed by atoms with E-state index in [1.54, 1.807) is 4.90 Å². The van der Waals surface area contributed by atoms with Gasteiger partial charge in [-0.05, 0) is 23.1 Å². The van der Waals surface area contributed by atoms with Gasteiger partial charge in [0.15, 0.2) is 0 Å². The maximum Gasteiger partial charge on any atom is 0.222 e. The van der Waals surface area contributed by atoms with Crippen molar-refractivity contribution in [3.8, 4) is 0 Å². The highest BCUT2D eigenvalue weighted by molar-refractivity contribution is 5.77. The Balaban J connectivity index is 1.74. The fourth-order valence-electron chi connectivity index (χ4n) is 3.26.